The number of rotatable bonds is 3. The number of hydrogen-bond acceptors (Lipinski definition) is 7. The van der Waals surface area contributed by atoms with Gasteiger partial charge in [-0.2, -0.15) is 4.98 Å². The van der Waals surface area contributed by atoms with Gasteiger partial charge in [-0.3, -0.25) is 0 Å². The van der Waals surface area contributed by atoms with E-state index >= 15 is 0 Å². The van der Waals surface area contributed by atoms with E-state index < -0.39 is 0 Å². The smallest absolute Gasteiger partial charge is 0.228 e. The lowest BCUT2D eigenvalue weighted by molar-refractivity contribution is 0.561. The maximum atomic E-state index is 5.07. The predicted molar refractivity (Wildman–Crippen MR) is 113 cm³/mol. The number of nitrogens with zero attached hydrogens (tertiary/aromatic N) is 7. The number of fused-ring (bicyclic) bond motifs is 1. The Bertz CT molecular complexity index is 806. The van der Waals surface area contributed by atoms with E-state index in [1.54, 1.807) is 0 Å². The fourth-order valence-corrected chi connectivity index (χ4v) is 4.70. The van der Waals surface area contributed by atoms with Crippen LogP contribution in [-0.2, 0) is 0 Å². The van der Waals surface area contributed by atoms with Gasteiger partial charge in [0, 0.05) is 39.3 Å². The average Bonchev–Trinajstić information content (AvgIpc) is 2.80. The Hall–Kier alpha value is -2.18. The number of piperidine rings is 3. The van der Waals surface area contributed by atoms with Gasteiger partial charge in [-0.15, -0.1) is 0 Å². The first-order chi connectivity index (χ1) is 13.9. The summed E-state index contributed by atoms with van der Waals surface area (Å²) >= 11 is 0. The summed E-state index contributed by atoms with van der Waals surface area (Å²) in [6, 6.07) is 0. The van der Waals surface area contributed by atoms with E-state index in [9.17, 15) is 0 Å². The summed E-state index contributed by atoms with van der Waals surface area (Å²) in [6.45, 7) is 6.34. The zero-order valence-corrected chi connectivity index (χ0v) is 16.8. The van der Waals surface area contributed by atoms with E-state index in [-0.39, 0.29) is 0 Å². The van der Waals surface area contributed by atoms with E-state index in [2.05, 4.69) is 14.7 Å². The Morgan fingerprint density at radius 2 is 1.07 bits per heavy atom. The fraction of sp³-hybridized carbons (Fsp3) is 0.714. The molecule has 150 valence electrons. The lowest BCUT2D eigenvalue weighted by Gasteiger charge is -2.31. The van der Waals surface area contributed by atoms with Crippen LogP contribution in [-0.4, -0.2) is 59.2 Å². The summed E-state index contributed by atoms with van der Waals surface area (Å²) in [7, 11) is 0. The van der Waals surface area contributed by atoms with Gasteiger partial charge in [0.05, 0.1) is 6.20 Å². The number of anilines is 3. The second-order valence-electron chi connectivity index (χ2n) is 8.39. The molecule has 5 heterocycles. The topological polar surface area (TPSA) is 61.3 Å². The molecule has 0 unspecified atom stereocenters. The third-order valence-corrected chi connectivity index (χ3v) is 6.33. The molecule has 7 nitrogen and oxygen atoms in total. The molecule has 2 aromatic heterocycles. The minimum absolute atomic E-state index is 0.847. The van der Waals surface area contributed by atoms with Crippen LogP contribution in [0.1, 0.15) is 57.8 Å². The molecule has 0 atom stereocenters. The monoisotopic (exact) mass is 381 g/mol. The second kappa shape index (κ2) is 8.05. The van der Waals surface area contributed by atoms with Gasteiger partial charge in [0.2, 0.25) is 11.9 Å². The van der Waals surface area contributed by atoms with Crippen molar-refractivity contribution in [2.75, 3.05) is 54.0 Å². The van der Waals surface area contributed by atoms with Gasteiger partial charge in [0.15, 0.2) is 5.82 Å². The van der Waals surface area contributed by atoms with Crippen molar-refractivity contribution in [2.24, 2.45) is 0 Å². The molecule has 0 N–H and O–H groups in total. The SMILES string of the molecule is c1nc(N2CCCCC2)nc2c(N3CCCCC3)nc(N3CCCCC3)nc12. The Morgan fingerprint density at radius 1 is 0.536 bits per heavy atom. The van der Waals surface area contributed by atoms with E-state index in [0.717, 1.165) is 68.0 Å². The van der Waals surface area contributed by atoms with E-state index in [4.69, 9.17) is 19.9 Å². The predicted octanol–water partition coefficient (Wildman–Crippen LogP) is 3.39. The van der Waals surface area contributed by atoms with Crippen LogP contribution in [0.2, 0.25) is 0 Å². The summed E-state index contributed by atoms with van der Waals surface area (Å²) in [5.74, 6) is 2.73. The van der Waals surface area contributed by atoms with Crippen molar-refractivity contribution in [3.05, 3.63) is 6.20 Å². The van der Waals surface area contributed by atoms with Gasteiger partial charge in [-0.05, 0) is 57.8 Å². The lowest BCUT2D eigenvalue weighted by Crippen LogP contribution is -2.34. The Labute approximate surface area is 167 Å². The van der Waals surface area contributed by atoms with Crippen molar-refractivity contribution in [2.45, 2.75) is 57.8 Å². The molecule has 0 radical (unpaired) electrons. The molecule has 3 aliphatic heterocycles. The molecule has 0 aromatic carbocycles. The third kappa shape index (κ3) is 3.59. The first-order valence-corrected chi connectivity index (χ1v) is 11.2. The van der Waals surface area contributed by atoms with Gasteiger partial charge in [-0.1, -0.05) is 0 Å². The normalized spacial score (nSPS) is 21.4. The van der Waals surface area contributed by atoms with Gasteiger partial charge < -0.3 is 14.7 Å². The van der Waals surface area contributed by atoms with Gasteiger partial charge >= 0.3 is 0 Å². The molecule has 3 saturated heterocycles. The molecule has 0 aliphatic carbocycles. The van der Waals surface area contributed by atoms with Gasteiger partial charge in [0.25, 0.3) is 0 Å². The highest BCUT2D eigenvalue weighted by molar-refractivity contribution is 5.87. The molecular weight excluding hydrogens is 350 g/mol. The summed E-state index contributed by atoms with van der Waals surface area (Å²) in [6.07, 6.45) is 13.2. The maximum Gasteiger partial charge on any atom is 0.228 e. The number of aromatic nitrogens is 4. The fourth-order valence-electron chi connectivity index (χ4n) is 4.70. The van der Waals surface area contributed by atoms with E-state index in [1.807, 2.05) is 6.20 Å². The lowest BCUT2D eigenvalue weighted by atomic mass is 10.1. The molecule has 0 saturated carbocycles. The molecule has 3 fully saturated rings. The highest BCUT2D eigenvalue weighted by atomic mass is 15.3. The molecule has 3 aliphatic rings. The van der Waals surface area contributed by atoms with E-state index in [1.165, 1.54) is 57.8 Å². The minimum atomic E-state index is 0.847. The van der Waals surface area contributed by atoms with Crippen molar-refractivity contribution in [1.82, 2.24) is 19.9 Å². The van der Waals surface area contributed by atoms with Crippen LogP contribution >= 0.6 is 0 Å². The quantitative estimate of drug-likeness (QED) is 0.807. The highest BCUT2D eigenvalue weighted by Gasteiger charge is 2.23. The third-order valence-electron chi connectivity index (χ3n) is 6.33. The van der Waals surface area contributed by atoms with Crippen molar-refractivity contribution in [3.8, 4) is 0 Å². The van der Waals surface area contributed by atoms with Crippen LogP contribution in [0.5, 0.6) is 0 Å². The number of hydrogen-bond donors (Lipinski definition) is 0. The van der Waals surface area contributed by atoms with Gasteiger partial charge in [-0.25, -0.2) is 15.0 Å². The Morgan fingerprint density at radius 3 is 1.68 bits per heavy atom. The first-order valence-electron chi connectivity index (χ1n) is 11.2. The minimum Gasteiger partial charge on any atom is -0.355 e. The largest absolute Gasteiger partial charge is 0.355 e. The van der Waals surface area contributed by atoms with Crippen molar-refractivity contribution < 1.29 is 0 Å². The summed E-state index contributed by atoms with van der Waals surface area (Å²) in [4.78, 5) is 26.7. The summed E-state index contributed by atoms with van der Waals surface area (Å²) in [5.41, 5.74) is 1.81. The molecule has 7 heteroatoms. The molecule has 5 rings (SSSR count). The van der Waals surface area contributed by atoms with E-state index in [0.29, 0.717) is 0 Å². The second-order valence-corrected chi connectivity index (χ2v) is 8.39. The van der Waals surface area contributed by atoms with Crippen molar-refractivity contribution >= 4 is 28.7 Å². The first kappa shape index (κ1) is 17.9. The van der Waals surface area contributed by atoms with Crippen LogP contribution in [0.3, 0.4) is 0 Å². The highest BCUT2D eigenvalue weighted by Crippen LogP contribution is 2.29. The van der Waals surface area contributed by atoms with Gasteiger partial charge in [0.1, 0.15) is 11.0 Å². The zero-order chi connectivity index (χ0) is 18.8. The molecule has 0 bridgehead atoms. The average molecular weight is 382 g/mol. The standard InChI is InChI=1S/C21H31N7/c1-4-10-26(11-5-1)19-18-17(23-21(25-19)28-14-8-3-9-15-28)16-22-20(24-18)27-12-6-2-7-13-27/h16H,1-15H2. The molecule has 0 spiro atoms. The van der Waals surface area contributed by atoms with Crippen molar-refractivity contribution in [3.63, 3.8) is 0 Å². The molecule has 2 aromatic rings. The summed E-state index contributed by atoms with van der Waals surface area (Å²) < 4.78 is 0. The van der Waals surface area contributed by atoms with Crippen LogP contribution in [0.4, 0.5) is 17.7 Å². The molecule has 0 amide bonds. The van der Waals surface area contributed by atoms with Crippen molar-refractivity contribution in [1.29, 1.82) is 0 Å². The van der Waals surface area contributed by atoms with Crippen LogP contribution < -0.4 is 14.7 Å². The zero-order valence-electron chi connectivity index (χ0n) is 16.8. The molecular formula is C21H31N7. The van der Waals surface area contributed by atoms with Crippen LogP contribution in [0.15, 0.2) is 6.20 Å². The Kier molecular flexibility index (Phi) is 5.14. The molecule has 28 heavy (non-hydrogen) atoms. The van der Waals surface area contributed by atoms with Crippen LogP contribution in [0, 0.1) is 0 Å². The summed E-state index contributed by atoms with van der Waals surface area (Å²) in [5, 5.41) is 0. The Balaban J connectivity index is 1.56. The van der Waals surface area contributed by atoms with Crippen LogP contribution in [0.25, 0.3) is 11.0 Å². The maximum absolute atomic E-state index is 5.07.